The predicted octanol–water partition coefficient (Wildman–Crippen LogP) is 2.89. The van der Waals surface area contributed by atoms with Crippen molar-refractivity contribution in [1.82, 2.24) is 0 Å². The SMILES string of the molecule is CC(C(O)C1OC2CC3C(C)(CCC4C35C=CC3(CC(O)CCC43C)OO5)C2C1(C)O)C(C)(C)O. The lowest BCUT2D eigenvalue weighted by Crippen LogP contribution is -2.73. The molecule has 0 aromatic carbocycles. The van der Waals surface area contributed by atoms with Gasteiger partial charge in [-0.05, 0) is 64.4 Å². The van der Waals surface area contributed by atoms with Gasteiger partial charge in [-0.3, -0.25) is 0 Å². The molecule has 0 aromatic rings. The molecule has 0 aromatic heterocycles. The van der Waals surface area contributed by atoms with Gasteiger partial charge in [0.2, 0.25) is 0 Å². The van der Waals surface area contributed by atoms with Gasteiger partial charge in [-0.15, -0.1) is 0 Å². The summed E-state index contributed by atoms with van der Waals surface area (Å²) >= 11 is 0. The summed E-state index contributed by atoms with van der Waals surface area (Å²) in [6.07, 6.45) is 6.96. The summed E-state index contributed by atoms with van der Waals surface area (Å²) in [6.45, 7) is 11.6. The molecule has 2 bridgehead atoms. The van der Waals surface area contributed by atoms with Gasteiger partial charge in [0.15, 0.2) is 0 Å². The molecule has 2 spiro atoms. The van der Waals surface area contributed by atoms with Gasteiger partial charge >= 0.3 is 0 Å². The third-order valence-corrected chi connectivity index (χ3v) is 12.1. The normalized spacial score (nSPS) is 58.3. The minimum Gasteiger partial charge on any atom is -0.393 e. The number of rotatable bonds is 3. The smallest absolute Gasteiger partial charge is 0.130 e. The molecular weight excluding hydrogens is 448 g/mol. The molecule has 198 valence electrons. The maximum absolute atomic E-state index is 12.0. The van der Waals surface area contributed by atoms with E-state index in [0.29, 0.717) is 6.42 Å². The number of hydrogen-bond acceptors (Lipinski definition) is 7. The van der Waals surface area contributed by atoms with Crippen LogP contribution < -0.4 is 0 Å². The molecule has 13 unspecified atom stereocenters. The predicted molar refractivity (Wildman–Crippen MR) is 128 cm³/mol. The van der Waals surface area contributed by atoms with Crippen LogP contribution in [0.5, 0.6) is 0 Å². The first-order valence-corrected chi connectivity index (χ1v) is 13.7. The second kappa shape index (κ2) is 7.10. The zero-order chi connectivity index (χ0) is 25.4. The number of hydrogen-bond donors (Lipinski definition) is 4. The van der Waals surface area contributed by atoms with Crippen molar-refractivity contribution in [1.29, 1.82) is 0 Å². The van der Waals surface area contributed by atoms with Crippen molar-refractivity contribution in [2.45, 2.75) is 127 Å². The Morgan fingerprint density at radius 1 is 1.03 bits per heavy atom. The summed E-state index contributed by atoms with van der Waals surface area (Å²) in [7, 11) is 0. The Labute approximate surface area is 208 Å². The van der Waals surface area contributed by atoms with Crippen LogP contribution in [-0.4, -0.2) is 67.2 Å². The fourth-order valence-corrected chi connectivity index (χ4v) is 9.87. The Balaban J connectivity index is 1.35. The van der Waals surface area contributed by atoms with Gasteiger partial charge < -0.3 is 25.2 Å². The van der Waals surface area contributed by atoms with E-state index in [2.05, 4.69) is 26.0 Å². The molecule has 4 N–H and O–H groups in total. The van der Waals surface area contributed by atoms with Gasteiger partial charge in [-0.25, -0.2) is 9.78 Å². The highest BCUT2D eigenvalue weighted by Gasteiger charge is 2.78. The fourth-order valence-electron chi connectivity index (χ4n) is 9.87. The van der Waals surface area contributed by atoms with Gasteiger partial charge in [0.1, 0.15) is 17.3 Å². The van der Waals surface area contributed by atoms with Crippen LogP contribution in [0, 0.1) is 34.5 Å². The Morgan fingerprint density at radius 3 is 2.37 bits per heavy atom. The monoisotopic (exact) mass is 492 g/mol. The minimum atomic E-state index is -1.24. The van der Waals surface area contributed by atoms with Crippen molar-refractivity contribution in [3.63, 3.8) is 0 Å². The van der Waals surface area contributed by atoms with Crippen LogP contribution in [-0.2, 0) is 14.5 Å². The quantitative estimate of drug-likeness (QED) is 0.354. The Morgan fingerprint density at radius 2 is 1.74 bits per heavy atom. The molecule has 0 amide bonds. The molecule has 7 nitrogen and oxygen atoms in total. The molecule has 5 fully saturated rings. The van der Waals surface area contributed by atoms with E-state index < -0.39 is 40.5 Å². The van der Waals surface area contributed by atoms with Crippen molar-refractivity contribution >= 4 is 0 Å². The standard InChI is InChI=1S/C28H44O7/c1-15(23(2,3)31)20(30)22-26(6,32)21-17(33-22)13-19-24(21,4)9-8-18-25(5)10-7-16(29)14-27(25)11-12-28(18,19)35-34-27/h11-12,15-22,29-32H,7-10,13-14H2,1-6H3. The molecule has 35 heavy (non-hydrogen) atoms. The molecule has 3 saturated carbocycles. The third-order valence-electron chi connectivity index (χ3n) is 12.1. The Bertz CT molecular complexity index is 927. The van der Waals surface area contributed by atoms with Gasteiger partial charge in [0.25, 0.3) is 0 Å². The van der Waals surface area contributed by atoms with Crippen molar-refractivity contribution in [2.24, 2.45) is 34.5 Å². The molecule has 7 heteroatoms. The second-order valence-corrected chi connectivity index (χ2v) is 14.2. The van der Waals surface area contributed by atoms with Crippen LogP contribution in [0.4, 0.5) is 0 Å². The van der Waals surface area contributed by atoms with Crippen LogP contribution >= 0.6 is 0 Å². The first-order chi connectivity index (χ1) is 16.1. The van der Waals surface area contributed by atoms with Crippen LogP contribution in [0.25, 0.3) is 0 Å². The topological polar surface area (TPSA) is 109 Å². The average Bonchev–Trinajstić information content (AvgIpc) is 3.23. The maximum atomic E-state index is 12.0. The molecule has 0 radical (unpaired) electrons. The van der Waals surface area contributed by atoms with Crippen molar-refractivity contribution in [3.05, 3.63) is 12.2 Å². The molecule has 2 saturated heterocycles. The highest BCUT2D eigenvalue weighted by molar-refractivity contribution is 5.34. The number of aliphatic hydroxyl groups excluding tert-OH is 2. The Kier molecular flexibility index (Phi) is 5.03. The first-order valence-electron chi connectivity index (χ1n) is 13.7. The molecule has 4 aliphatic carbocycles. The summed E-state index contributed by atoms with van der Waals surface area (Å²) in [5, 5.41) is 44.1. The Hall–Kier alpha value is -0.540. The number of ether oxygens (including phenoxy) is 1. The lowest BCUT2D eigenvalue weighted by molar-refractivity contribution is -0.498. The molecule has 13 atom stereocenters. The zero-order valence-electron chi connectivity index (χ0n) is 22.0. The van der Waals surface area contributed by atoms with Crippen LogP contribution in [0.3, 0.4) is 0 Å². The van der Waals surface area contributed by atoms with Gasteiger partial charge in [0.05, 0.1) is 29.5 Å². The second-order valence-electron chi connectivity index (χ2n) is 14.2. The van der Waals surface area contributed by atoms with E-state index in [1.165, 1.54) is 0 Å². The van der Waals surface area contributed by atoms with Crippen molar-refractivity contribution in [3.8, 4) is 0 Å². The highest BCUT2D eigenvalue weighted by Crippen LogP contribution is 2.74. The summed E-state index contributed by atoms with van der Waals surface area (Å²) in [6, 6.07) is 0. The van der Waals surface area contributed by atoms with E-state index in [0.717, 1.165) is 32.1 Å². The van der Waals surface area contributed by atoms with Crippen molar-refractivity contribution in [2.75, 3.05) is 0 Å². The van der Waals surface area contributed by atoms with Crippen LogP contribution in [0.2, 0.25) is 0 Å². The van der Waals surface area contributed by atoms with Crippen LogP contribution in [0.15, 0.2) is 12.2 Å². The van der Waals surface area contributed by atoms with E-state index in [1.807, 2.05) is 6.92 Å². The summed E-state index contributed by atoms with van der Waals surface area (Å²) in [5.74, 6) is -0.227. The van der Waals surface area contributed by atoms with E-state index >= 15 is 0 Å². The molecule has 3 aliphatic heterocycles. The molecular formula is C28H44O7. The van der Waals surface area contributed by atoms with E-state index in [-0.39, 0.29) is 40.8 Å². The summed E-state index contributed by atoms with van der Waals surface area (Å²) in [5.41, 5.74) is -3.86. The number of aliphatic hydroxyl groups is 4. The third kappa shape index (κ3) is 2.87. The van der Waals surface area contributed by atoms with Gasteiger partial charge in [0, 0.05) is 35.5 Å². The van der Waals surface area contributed by atoms with Crippen molar-refractivity contribution < 1.29 is 34.9 Å². The highest BCUT2D eigenvalue weighted by atomic mass is 17.2. The molecule has 7 rings (SSSR count). The summed E-state index contributed by atoms with van der Waals surface area (Å²) < 4.78 is 6.50. The molecule has 3 heterocycles. The maximum Gasteiger partial charge on any atom is 0.130 e. The fraction of sp³-hybridized carbons (Fsp3) is 0.929. The largest absolute Gasteiger partial charge is 0.393 e. The lowest BCUT2D eigenvalue weighted by Gasteiger charge is -2.69. The lowest BCUT2D eigenvalue weighted by atomic mass is 9.42. The van der Waals surface area contributed by atoms with Gasteiger partial charge in [-0.1, -0.05) is 26.8 Å². The average molecular weight is 493 g/mol. The summed E-state index contributed by atoms with van der Waals surface area (Å²) in [4.78, 5) is 12.6. The van der Waals surface area contributed by atoms with E-state index in [1.54, 1.807) is 20.8 Å². The molecule has 7 aliphatic rings. The first kappa shape index (κ1) is 24.8. The number of fused-ring (bicyclic) bond motifs is 4. The van der Waals surface area contributed by atoms with E-state index in [9.17, 15) is 20.4 Å². The van der Waals surface area contributed by atoms with E-state index in [4.69, 9.17) is 14.5 Å². The minimum absolute atomic E-state index is 0.109. The van der Waals surface area contributed by atoms with Gasteiger partial charge in [-0.2, -0.15) is 0 Å². The zero-order valence-corrected chi connectivity index (χ0v) is 22.0. The van der Waals surface area contributed by atoms with Crippen LogP contribution in [0.1, 0.15) is 80.1 Å².